The summed E-state index contributed by atoms with van der Waals surface area (Å²) in [4.78, 5) is 23.1. The highest BCUT2D eigenvalue weighted by atomic mass is 16.1. The summed E-state index contributed by atoms with van der Waals surface area (Å²) in [7, 11) is 0. The minimum Gasteiger partial charge on any atom is -0.295 e. The lowest BCUT2D eigenvalue weighted by Crippen LogP contribution is -2.06. The van der Waals surface area contributed by atoms with Crippen molar-refractivity contribution in [2.75, 3.05) is 0 Å². The van der Waals surface area contributed by atoms with Crippen molar-refractivity contribution in [3.63, 3.8) is 0 Å². The highest BCUT2D eigenvalue weighted by Crippen LogP contribution is 2.21. The van der Waals surface area contributed by atoms with Gasteiger partial charge in [-0.15, -0.1) is 0 Å². The molecule has 0 aromatic heterocycles. The zero-order chi connectivity index (χ0) is 14.7. The molecule has 0 heterocycles. The lowest BCUT2D eigenvalue weighted by molar-refractivity contribution is 0.0938. The molecule has 0 aliphatic rings. The molecule has 2 rings (SSSR count). The van der Waals surface area contributed by atoms with Crippen LogP contribution in [-0.4, -0.2) is 11.6 Å². The number of Topliss-reactive ketones (excluding diaryl/α,β-unsaturated/α-hetero) is 2. The molecule has 0 spiro atoms. The van der Waals surface area contributed by atoms with E-state index in [-0.39, 0.29) is 17.5 Å². The van der Waals surface area contributed by atoms with E-state index in [2.05, 4.69) is 0 Å². The van der Waals surface area contributed by atoms with E-state index in [1.807, 2.05) is 62.4 Å². The molecule has 0 radical (unpaired) electrons. The number of hydrogen-bond donors (Lipinski definition) is 0. The van der Waals surface area contributed by atoms with Gasteiger partial charge in [0.05, 0.1) is 0 Å². The lowest BCUT2D eigenvalue weighted by Gasteiger charge is -2.06. The van der Waals surface area contributed by atoms with Gasteiger partial charge in [0.25, 0.3) is 0 Å². The van der Waals surface area contributed by atoms with Crippen LogP contribution in [-0.2, 0) is 0 Å². The SMILES string of the molecule is CC(=O)c1ccc(-c2ccc(C(=O)C(C)C)cc2)cc1. The molecule has 0 saturated heterocycles. The standard InChI is InChI=1S/C18H18O2/c1-12(2)18(20)17-10-8-16(9-11-17)15-6-4-14(5-7-15)13(3)19/h4-12H,1-3H3. The van der Waals surface area contributed by atoms with Crippen molar-refractivity contribution in [3.05, 3.63) is 59.7 Å². The van der Waals surface area contributed by atoms with E-state index in [0.29, 0.717) is 5.56 Å². The minimum atomic E-state index is 0.00991. The molecule has 0 amide bonds. The third-order valence-electron chi connectivity index (χ3n) is 3.32. The van der Waals surface area contributed by atoms with Crippen LogP contribution in [0, 0.1) is 5.92 Å². The van der Waals surface area contributed by atoms with Crippen LogP contribution in [0.5, 0.6) is 0 Å². The van der Waals surface area contributed by atoms with E-state index in [1.54, 1.807) is 6.92 Å². The Morgan fingerprint density at radius 2 is 1.15 bits per heavy atom. The molecule has 0 fully saturated rings. The zero-order valence-corrected chi connectivity index (χ0v) is 12.0. The molecule has 102 valence electrons. The fourth-order valence-electron chi connectivity index (χ4n) is 2.06. The Morgan fingerprint density at radius 3 is 1.50 bits per heavy atom. The number of ketones is 2. The summed E-state index contributed by atoms with van der Waals surface area (Å²) in [6, 6.07) is 15.1. The number of benzene rings is 2. The zero-order valence-electron chi connectivity index (χ0n) is 12.0. The smallest absolute Gasteiger partial charge is 0.165 e. The number of rotatable bonds is 4. The predicted molar refractivity (Wildman–Crippen MR) is 81.1 cm³/mol. The molecule has 0 bridgehead atoms. The van der Waals surface area contributed by atoms with Crippen molar-refractivity contribution in [1.29, 1.82) is 0 Å². The van der Waals surface area contributed by atoms with Gasteiger partial charge >= 0.3 is 0 Å². The number of carbonyl (C=O) groups is 2. The van der Waals surface area contributed by atoms with Crippen LogP contribution in [0.1, 0.15) is 41.5 Å². The summed E-state index contributed by atoms with van der Waals surface area (Å²) in [5.74, 6) is 0.230. The van der Waals surface area contributed by atoms with Gasteiger partial charge in [-0.05, 0) is 18.1 Å². The van der Waals surface area contributed by atoms with Crippen LogP contribution < -0.4 is 0 Å². The van der Waals surface area contributed by atoms with Crippen molar-refractivity contribution >= 4 is 11.6 Å². The van der Waals surface area contributed by atoms with Gasteiger partial charge in [-0.1, -0.05) is 62.4 Å². The Balaban J connectivity index is 2.26. The fraction of sp³-hybridized carbons (Fsp3) is 0.222. The second-order valence-electron chi connectivity index (χ2n) is 5.23. The lowest BCUT2D eigenvalue weighted by atomic mass is 9.97. The highest BCUT2D eigenvalue weighted by Gasteiger charge is 2.10. The van der Waals surface area contributed by atoms with E-state index < -0.39 is 0 Å². The van der Waals surface area contributed by atoms with Gasteiger partial charge < -0.3 is 0 Å². The van der Waals surface area contributed by atoms with Gasteiger partial charge in [0, 0.05) is 17.0 Å². The third kappa shape index (κ3) is 3.02. The van der Waals surface area contributed by atoms with Crippen LogP contribution in [0.2, 0.25) is 0 Å². The fourth-order valence-corrected chi connectivity index (χ4v) is 2.06. The van der Waals surface area contributed by atoms with Crippen molar-refractivity contribution in [2.24, 2.45) is 5.92 Å². The van der Waals surface area contributed by atoms with Crippen LogP contribution in [0.4, 0.5) is 0 Å². The van der Waals surface area contributed by atoms with E-state index in [1.165, 1.54) is 0 Å². The van der Waals surface area contributed by atoms with Gasteiger partial charge in [0.2, 0.25) is 0 Å². The number of carbonyl (C=O) groups excluding carboxylic acids is 2. The summed E-state index contributed by atoms with van der Waals surface area (Å²) in [5, 5.41) is 0. The first kappa shape index (κ1) is 14.2. The van der Waals surface area contributed by atoms with E-state index in [9.17, 15) is 9.59 Å². The molecule has 0 saturated carbocycles. The summed E-state index contributed by atoms with van der Waals surface area (Å²) in [6.07, 6.45) is 0. The van der Waals surface area contributed by atoms with Crippen LogP contribution in [0.15, 0.2) is 48.5 Å². The van der Waals surface area contributed by atoms with Gasteiger partial charge in [-0.3, -0.25) is 9.59 Å². The van der Waals surface area contributed by atoms with Gasteiger partial charge in [0.15, 0.2) is 11.6 Å². The van der Waals surface area contributed by atoms with Crippen LogP contribution >= 0.6 is 0 Å². The molecule has 0 atom stereocenters. The first-order valence-electron chi connectivity index (χ1n) is 6.74. The molecule has 0 N–H and O–H groups in total. The Morgan fingerprint density at radius 1 is 0.750 bits per heavy atom. The Bertz CT molecular complexity index is 619. The molecule has 20 heavy (non-hydrogen) atoms. The van der Waals surface area contributed by atoms with Crippen molar-refractivity contribution in [1.82, 2.24) is 0 Å². The molecular weight excluding hydrogens is 248 g/mol. The summed E-state index contributed by atoms with van der Waals surface area (Å²) in [5.41, 5.74) is 3.53. The minimum absolute atomic E-state index is 0.00991. The second kappa shape index (κ2) is 5.83. The maximum Gasteiger partial charge on any atom is 0.165 e. The topological polar surface area (TPSA) is 34.1 Å². The third-order valence-corrected chi connectivity index (χ3v) is 3.32. The molecule has 2 heteroatoms. The molecular formula is C18H18O2. The summed E-state index contributed by atoms with van der Waals surface area (Å²) >= 11 is 0. The van der Waals surface area contributed by atoms with Gasteiger partial charge in [-0.2, -0.15) is 0 Å². The quantitative estimate of drug-likeness (QED) is 0.769. The van der Waals surface area contributed by atoms with Crippen LogP contribution in [0.25, 0.3) is 11.1 Å². The second-order valence-corrected chi connectivity index (χ2v) is 5.23. The van der Waals surface area contributed by atoms with E-state index in [4.69, 9.17) is 0 Å². The molecule has 2 aromatic carbocycles. The Labute approximate surface area is 119 Å². The van der Waals surface area contributed by atoms with E-state index in [0.717, 1.165) is 16.7 Å². The molecule has 0 unspecified atom stereocenters. The van der Waals surface area contributed by atoms with Crippen molar-refractivity contribution < 1.29 is 9.59 Å². The molecule has 0 aliphatic heterocycles. The Hall–Kier alpha value is -2.22. The maximum atomic E-state index is 11.9. The average Bonchev–Trinajstić information content (AvgIpc) is 2.46. The molecule has 2 nitrogen and oxygen atoms in total. The van der Waals surface area contributed by atoms with E-state index >= 15 is 0 Å². The Kier molecular flexibility index (Phi) is 4.14. The molecule has 0 aliphatic carbocycles. The normalized spacial score (nSPS) is 10.6. The largest absolute Gasteiger partial charge is 0.295 e. The predicted octanol–water partition coefficient (Wildman–Crippen LogP) is 4.39. The summed E-state index contributed by atoms with van der Waals surface area (Å²) in [6.45, 7) is 5.36. The molecule has 2 aromatic rings. The van der Waals surface area contributed by atoms with Crippen molar-refractivity contribution in [3.8, 4) is 11.1 Å². The van der Waals surface area contributed by atoms with Crippen LogP contribution in [0.3, 0.4) is 0 Å². The van der Waals surface area contributed by atoms with Crippen molar-refractivity contribution in [2.45, 2.75) is 20.8 Å². The monoisotopic (exact) mass is 266 g/mol. The number of hydrogen-bond acceptors (Lipinski definition) is 2. The maximum absolute atomic E-state index is 11.9. The van der Waals surface area contributed by atoms with Gasteiger partial charge in [-0.25, -0.2) is 0 Å². The highest BCUT2D eigenvalue weighted by molar-refractivity contribution is 5.98. The summed E-state index contributed by atoms with van der Waals surface area (Å²) < 4.78 is 0. The first-order valence-corrected chi connectivity index (χ1v) is 6.74. The van der Waals surface area contributed by atoms with Gasteiger partial charge in [0.1, 0.15) is 0 Å². The average molecular weight is 266 g/mol. The first-order chi connectivity index (χ1) is 9.49.